The molecular formula is C20H33N3O2. The summed E-state index contributed by atoms with van der Waals surface area (Å²) >= 11 is 0. The number of guanidine groups is 1. The van der Waals surface area contributed by atoms with Gasteiger partial charge in [-0.05, 0) is 55.7 Å². The first-order chi connectivity index (χ1) is 12.0. The van der Waals surface area contributed by atoms with Crippen LogP contribution in [0.25, 0.3) is 0 Å². The maximum atomic E-state index is 10.4. The number of aliphatic hydroxyl groups is 1. The summed E-state index contributed by atoms with van der Waals surface area (Å²) < 4.78 is 5.15. The lowest BCUT2D eigenvalue weighted by Crippen LogP contribution is -2.46. The molecular weight excluding hydrogens is 314 g/mol. The maximum Gasteiger partial charge on any atom is 0.191 e. The van der Waals surface area contributed by atoms with Crippen LogP contribution >= 0.6 is 0 Å². The standard InChI is InChI=1S/C20H33N3O2/c1-5-21-20(23-17-11-14(2)10-15(3)12-17)22-13-19(24)16-6-8-18(25-4)9-7-16/h6-9,14-15,17,19,24H,5,10-13H2,1-4H3,(H2,21,22,23). The molecule has 1 aromatic carbocycles. The van der Waals surface area contributed by atoms with Crippen LogP contribution in [0.3, 0.4) is 0 Å². The number of aliphatic hydroxyl groups excluding tert-OH is 1. The SMILES string of the molecule is CCNC(=NCC(O)c1ccc(OC)cc1)NC1CC(C)CC(C)C1. The highest BCUT2D eigenvalue weighted by atomic mass is 16.5. The van der Waals surface area contributed by atoms with Crippen LogP contribution < -0.4 is 15.4 Å². The molecule has 1 aliphatic carbocycles. The van der Waals surface area contributed by atoms with Gasteiger partial charge in [-0.25, -0.2) is 0 Å². The fourth-order valence-corrected chi connectivity index (χ4v) is 3.69. The Bertz CT molecular complexity index is 534. The first kappa shape index (κ1) is 19.6. The monoisotopic (exact) mass is 347 g/mol. The van der Waals surface area contributed by atoms with Crippen molar-refractivity contribution < 1.29 is 9.84 Å². The molecule has 1 fully saturated rings. The van der Waals surface area contributed by atoms with E-state index < -0.39 is 6.10 Å². The van der Waals surface area contributed by atoms with Crippen molar-refractivity contribution in [2.45, 2.75) is 52.2 Å². The first-order valence-corrected chi connectivity index (χ1v) is 9.38. The van der Waals surface area contributed by atoms with Gasteiger partial charge in [0.2, 0.25) is 0 Å². The van der Waals surface area contributed by atoms with Crippen LogP contribution in [-0.2, 0) is 0 Å². The Morgan fingerprint density at radius 3 is 2.40 bits per heavy atom. The summed E-state index contributed by atoms with van der Waals surface area (Å²) in [6, 6.07) is 7.93. The predicted octanol–water partition coefficient (Wildman–Crippen LogP) is 3.11. The molecule has 3 N–H and O–H groups in total. The quantitative estimate of drug-likeness (QED) is 0.546. The van der Waals surface area contributed by atoms with Crippen molar-refractivity contribution in [3.05, 3.63) is 29.8 Å². The Morgan fingerprint density at radius 2 is 1.84 bits per heavy atom. The summed E-state index contributed by atoms with van der Waals surface area (Å²) in [5, 5.41) is 17.2. The molecule has 5 nitrogen and oxygen atoms in total. The molecule has 0 aromatic heterocycles. The van der Waals surface area contributed by atoms with Crippen molar-refractivity contribution in [3.8, 4) is 5.75 Å². The van der Waals surface area contributed by atoms with Gasteiger partial charge in [-0.2, -0.15) is 0 Å². The minimum atomic E-state index is -0.620. The van der Waals surface area contributed by atoms with E-state index in [0.29, 0.717) is 12.6 Å². The van der Waals surface area contributed by atoms with Gasteiger partial charge in [0, 0.05) is 12.6 Å². The zero-order valence-electron chi connectivity index (χ0n) is 16.0. The molecule has 0 aliphatic heterocycles. The molecule has 1 saturated carbocycles. The second-order valence-corrected chi connectivity index (χ2v) is 7.27. The molecule has 3 atom stereocenters. The summed E-state index contributed by atoms with van der Waals surface area (Å²) in [5.41, 5.74) is 0.848. The summed E-state index contributed by atoms with van der Waals surface area (Å²) in [5.74, 6) is 3.07. The molecule has 0 radical (unpaired) electrons. The van der Waals surface area contributed by atoms with E-state index in [2.05, 4.69) is 36.4 Å². The molecule has 3 unspecified atom stereocenters. The van der Waals surface area contributed by atoms with Gasteiger partial charge in [-0.3, -0.25) is 4.99 Å². The van der Waals surface area contributed by atoms with Gasteiger partial charge in [0.25, 0.3) is 0 Å². The predicted molar refractivity (Wildman–Crippen MR) is 103 cm³/mol. The Hall–Kier alpha value is -1.75. The highest BCUT2D eigenvalue weighted by Crippen LogP contribution is 2.28. The van der Waals surface area contributed by atoms with E-state index >= 15 is 0 Å². The Kier molecular flexibility index (Phi) is 7.56. The van der Waals surface area contributed by atoms with Crippen molar-refractivity contribution in [3.63, 3.8) is 0 Å². The third-order valence-corrected chi connectivity index (χ3v) is 4.79. The number of nitrogens with one attached hydrogen (secondary N) is 2. The van der Waals surface area contributed by atoms with E-state index in [1.165, 1.54) is 19.3 Å². The van der Waals surface area contributed by atoms with E-state index in [1.807, 2.05) is 24.3 Å². The topological polar surface area (TPSA) is 65.9 Å². The summed E-state index contributed by atoms with van der Waals surface area (Å²) in [4.78, 5) is 4.59. The maximum absolute atomic E-state index is 10.4. The van der Waals surface area contributed by atoms with E-state index in [0.717, 1.165) is 35.7 Å². The molecule has 0 heterocycles. The molecule has 25 heavy (non-hydrogen) atoms. The number of nitrogens with zero attached hydrogens (tertiary/aromatic N) is 1. The van der Waals surface area contributed by atoms with E-state index in [4.69, 9.17) is 4.74 Å². The summed E-state index contributed by atoms with van der Waals surface area (Å²) in [6.07, 6.45) is 3.04. The zero-order chi connectivity index (χ0) is 18.2. The number of benzene rings is 1. The van der Waals surface area contributed by atoms with Gasteiger partial charge in [-0.1, -0.05) is 26.0 Å². The highest BCUT2D eigenvalue weighted by Gasteiger charge is 2.24. The Labute approximate surface area is 151 Å². The van der Waals surface area contributed by atoms with Crippen LogP contribution in [0.2, 0.25) is 0 Å². The van der Waals surface area contributed by atoms with Crippen LogP contribution in [0.1, 0.15) is 51.7 Å². The molecule has 5 heteroatoms. The first-order valence-electron chi connectivity index (χ1n) is 9.38. The number of aliphatic imine (C=N–C) groups is 1. The highest BCUT2D eigenvalue weighted by molar-refractivity contribution is 5.80. The summed E-state index contributed by atoms with van der Waals surface area (Å²) in [6.45, 7) is 7.84. The number of hydrogen-bond acceptors (Lipinski definition) is 3. The third kappa shape index (κ3) is 6.24. The fourth-order valence-electron chi connectivity index (χ4n) is 3.69. The van der Waals surface area contributed by atoms with Crippen molar-refractivity contribution in [1.29, 1.82) is 0 Å². The number of rotatable bonds is 6. The normalized spacial score (nSPS) is 25.3. The lowest BCUT2D eigenvalue weighted by molar-refractivity contribution is 0.186. The van der Waals surface area contributed by atoms with Crippen LogP contribution in [0, 0.1) is 11.8 Å². The van der Waals surface area contributed by atoms with Crippen LogP contribution in [0.5, 0.6) is 5.75 Å². The molecule has 2 rings (SSSR count). The lowest BCUT2D eigenvalue weighted by Gasteiger charge is -2.33. The fraction of sp³-hybridized carbons (Fsp3) is 0.650. The van der Waals surface area contributed by atoms with Crippen molar-refractivity contribution in [2.75, 3.05) is 20.2 Å². The van der Waals surface area contributed by atoms with Gasteiger partial charge in [0.1, 0.15) is 5.75 Å². The van der Waals surface area contributed by atoms with Gasteiger partial charge in [-0.15, -0.1) is 0 Å². The lowest BCUT2D eigenvalue weighted by atomic mass is 9.80. The third-order valence-electron chi connectivity index (χ3n) is 4.79. The van der Waals surface area contributed by atoms with E-state index in [-0.39, 0.29) is 0 Å². The van der Waals surface area contributed by atoms with Crippen LogP contribution in [0.4, 0.5) is 0 Å². The Balaban J connectivity index is 1.95. The Morgan fingerprint density at radius 1 is 1.20 bits per heavy atom. The number of hydrogen-bond donors (Lipinski definition) is 3. The smallest absolute Gasteiger partial charge is 0.191 e. The van der Waals surface area contributed by atoms with Crippen molar-refractivity contribution >= 4 is 5.96 Å². The second-order valence-electron chi connectivity index (χ2n) is 7.27. The number of methoxy groups -OCH3 is 1. The second kappa shape index (κ2) is 9.66. The molecule has 0 saturated heterocycles. The largest absolute Gasteiger partial charge is 0.497 e. The van der Waals surface area contributed by atoms with Gasteiger partial charge < -0.3 is 20.5 Å². The summed E-state index contributed by atoms with van der Waals surface area (Å²) in [7, 11) is 1.64. The zero-order valence-corrected chi connectivity index (χ0v) is 16.0. The van der Waals surface area contributed by atoms with E-state index in [9.17, 15) is 5.11 Å². The van der Waals surface area contributed by atoms with E-state index in [1.54, 1.807) is 7.11 Å². The average molecular weight is 348 g/mol. The van der Waals surface area contributed by atoms with Crippen LogP contribution in [-0.4, -0.2) is 37.3 Å². The van der Waals surface area contributed by atoms with Crippen LogP contribution in [0.15, 0.2) is 29.3 Å². The molecule has 140 valence electrons. The molecule has 0 spiro atoms. The molecule has 0 amide bonds. The molecule has 1 aliphatic rings. The van der Waals surface area contributed by atoms with Crippen molar-refractivity contribution in [2.24, 2.45) is 16.8 Å². The van der Waals surface area contributed by atoms with Gasteiger partial charge >= 0.3 is 0 Å². The average Bonchev–Trinajstić information content (AvgIpc) is 2.59. The number of ether oxygens (including phenoxy) is 1. The van der Waals surface area contributed by atoms with Gasteiger partial charge in [0.15, 0.2) is 5.96 Å². The van der Waals surface area contributed by atoms with Gasteiger partial charge in [0.05, 0.1) is 19.8 Å². The minimum Gasteiger partial charge on any atom is -0.497 e. The minimum absolute atomic E-state index is 0.333. The molecule has 1 aromatic rings. The van der Waals surface area contributed by atoms with Crippen molar-refractivity contribution in [1.82, 2.24) is 10.6 Å². The molecule has 0 bridgehead atoms.